The van der Waals surface area contributed by atoms with Crippen LogP contribution in [0.5, 0.6) is 0 Å². The van der Waals surface area contributed by atoms with Gasteiger partial charge in [-0.3, -0.25) is 4.79 Å². The SMILES string of the molecule is NC(=O)c1ccc(S(=O)(=O)N2CCN(c3cccc(Cl)c3)CC2)cc1. The Hall–Kier alpha value is -2.09. The highest BCUT2D eigenvalue weighted by molar-refractivity contribution is 7.89. The van der Waals surface area contributed by atoms with Gasteiger partial charge in [0.2, 0.25) is 15.9 Å². The van der Waals surface area contributed by atoms with Crippen molar-refractivity contribution in [3.05, 3.63) is 59.1 Å². The fraction of sp³-hybridized carbons (Fsp3) is 0.235. The molecule has 2 aromatic carbocycles. The van der Waals surface area contributed by atoms with Crippen molar-refractivity contribution in [2.45, 2.75) is 4.90 Å². The molecule has 2 N–H and O–H groups in total. The fourth-order valence-corrected chi connectivity index (χ4v) is 4.41. The van der Waals surface area contributed by atoms with E-state index in [1.165, 1.54) is 28.6 Å². The third kappa shape index (κ3) is 3.78. The van der Waals surface area contributed by atoms with Crippen molar-refractivity contribution in [3.63, 3.8) is 0 Å². The van der Waals surface area contributed by atoms with Crippen molar-refractivity contribution in [2.75, 3.05) is 31.1 Å². The molecule has 1 aliphatic heterocycles. The summed E-state index contributed by atoms with van der Waals surface area (Å²) in [6.07, 6.45) is 0. The summed E-state index contributed by atoms with van der Waals surface area (Å²) in [5.74, 6) is -0.584. The number of carbonyl (C=O) groups is 1. The first-order valence-corrected chi connectivity index (χ1v) is 9.60. The molecule has 1 amide bonds. The lowest BCUT2D eigenvalue weighted by Gasteiger charge is -2.35. The molecule has 132 valence electrons. The van der Waals surface area contributed by atoms with Gasteiger partial charge in [0.1, 0.15) is 0 Å². The van der Waals surface area contributed by atoms with Crippen molar-refractivity contribution in [3.8, 4) is 0 Å². The van der Waals surface area contributed by atoms with Gasteiger partial charge in [-0.1, -0.05) is 17.7 Å². The van der Waals surface area contributed by atoms with Crippen LogP contribution in [0.2, 0.25) is 5.02 Å². The summed E-state index contributed by atoms with van der Waals surface area (Å²) in [4.78, 5) is 13.4. The van der Waals surface area contributed by atoms with Crippen LogP contribution >= 0.6 is 11.6 Å². The first kappa shape index (κ1) is 17.7. The number of primary amides is 1. The Morgan fingerprint density at radius 2 is 1.64 bits per heavy atom. The Morgan fingerprint density at radius 1 is 1.00 bits per heavy atom. The Bertz CT molecular complexity index is 876. The molecule has 3 rings (SSSR count). The molecule has 25 heavy (non-hydrogen) atoms. The van der Waals surface area contributed by atoms with Crippen LogP contribution in [-0.4, -0.2) is 44.8 Å². The Morgan fingerprint density at radius 3 is 2.20 bits per heavy atom. The molecular formula is C17H18ClN3O3S. The number of carbonyl (C=O) groups excluding carboxylic acids is 1. The van der Waals surface area contributed by atoms with Gasteiger partial charge in [-0.05, 0) is 42.5 Å². The Labute approximate surface area is 151 Å². The number of sulfonamides is 1. The topological polar surface area (TPSA) is 83.7 Å². The number of nitrogens with zero attached hydrogens (tertiary/aromatic N) is 2. The summed E-state index contributed by atoms with van der Waals surface area (Å²) in [5, 5.41) is 0.655. The molecule has 0 spiro atoms. The molecule has 0 radical (unpaired) electrons. The monoisotopic (exact) mass is 379 g/mol. The number of nitrogens with two attached hydrogens (primary N) is 1. The Balaban J connectivity index is 1.72. The summed E-state index contributed by atoms with van der Waals surface area (Å²) < 4.78 is 26.9. The van der Waals surface area contributed by atoms with E-state index in [2.05, 4.69) is 4.90 Å². The first-order valence-electron chi connectivity index (χ1n) is 7.78. The number of piperazine rings is 1. The predicted octanol–water partition coefficient (Wildman–Crippen LogP) is 1.95. The number of anilines is 1. The third-order valence-electron chi connectivity index (χ3n) is 4.19. The molecule has 8 heteroatoms. The fourth-order valence-electron chi connectivity index (χ4n) is 2.80. The molecule has 2 aromatic rings. The maximum absolute atomic E-state index is 12.7. The lowest BCUT2D eigenvalue weighted by molar-refractivity contribution is 0.1000. The van der Waals surface area contributed by atoms with Crippen LogP contribution in [0.25, 0.3) is 0 Å². The second-order valence-electron chi connectivity index (χ2n) is 5.76. The van der Waals surface area contributed by atoms with Gasteiger partial charge in [0.05, 0.1) is 4.90 Å². The number of amides is 1. The average Bonchev–Trinajstić information content (AvgIpc) is 2.62. The van der Waals surface area contributed by atoms with Crippen molar-refractivity contribution >= 4 is 33.2 Å². The van der Waals surface area contributed by atoms with Crippen LogP contribution < -0.4 is 10.6 Å². The minimum Gasteiger partial charge on any atom is -0.369 e. The maximum Gasteiger partial charge on any atom is 0.248 e. The largest absolute Gasteiger partial charge is 0.369 e. The number of rotatable bonds is 4. The van der Waals surface area contributed by atoms with Crippen molar-refractivity contribution in [2.24, 2.45) is 5.73 Å². The van der Waals surface area contributed by atoms with E-state index in [1.54, 1.807) is 0 Å². The lowest BCUT2D eigenvalue weighted by Crippen LogP contribution is -2.48. The van der Waals surface area contributed by atoms with Gasteiger partial charge in [-0.25, -0.2) is 8.42 Å². The molecule has 0 saturated carbocycles. The van der Waals surface area contributed by atoms with Crippen LogP contribution in [0.4, 0.5) is 5.69 Å². The highest BCUT2D eigenvalue weighted by Gasteiger charge is 2.28. The van der Waals surface area contributed by atoms with E-state index < -0.39 is 15.9 Å². The quantitative estimate of drug-likeness (QED) is 0.880. The summed E-state index contributed by atoms with van der Waals surface area (Å²) >= 11 is 6.01. The molecule has 0 bridgehead atoms. The maximum atomic E-state index is 12.7. The standard InChI is InChI=1S/C17H18ClN3O3S/c18-14-2-1-3-15(12-14)20-8-10-21(11-9-20)25(23,24)16-6-4-13(5-7-16)17(19)22/h1-7,12H,8-11H2,(H2,19,22). The molecule has 0 unspecified atom stereocenters. The van der Waals surface area contributed by atoms with Gasteiger partial charge in [0.15, 0.2) is 0 Å². The average molecular weight is 380 g/mol. The van der Waals surface area contributed by atoms with Crippen molar-refractivity contribution < 1.29 is 13.2 Å². The van der Waals surface area contributed by atoms with E-state index in [1.807, 2.05) is 24.3 Å². The third-order valence-corrected chi connectivity index (χ3v) is 6.34. The van der Waals surface area contributed by atoms with Crippen LogP contribution in [0.15, 0.2) is 53.4 Å². The molecule has 1 heterocycles. The number of hydrogen-bond donors (Lipinski definition) is 1. The molecular weight excluding hydrogens is 362 g/mol. The number of benzene rings is 2. The van der Waals surface area contributed by atoms with Gasteiger partial charge in [-0.15, -0.1) is 0 Å². The highest BCUT2D eigenvalue weighted by Crippen LogP contribution is 2.23. The van der Waals surface area contributed by atoms with Crippen molar-refractivity contribution in [1.29, 1.82) is 0 Å². The zero-order chi connectivity index (χ0) is 18.0. The molecule has 1 saturated heterocycles. The van der Waals surface area contributed by atoms with Gasteiger partial charge in [0, 0.05) is 42.5 Å². The van der Waals surface area contributed by atoms with Crippen LogP contribution in [-0.2, 0) is 10.0 Å². The zero-order valence-electron chi connectivity index (χ0n) is 13.4. The second kappa shape index (κ2) is 7.03. The number of halogens is 1. The van der Waals surface area contributed by atoms with E-state index in [0.717, 1.165) is 5.69 Å². The molecule has 1 aliphatic rings. The molecule has 0 aromatic heterocycles. The van der Waals surface area contributed by atoms with E-state index in [0.29, 0.717) is 31.2 Å². The van der Waals surface area contributed by atoms with Crippen LogP contribution in [0.1, 0.15) is 10.4 Å². The predicted molar refractivity (Wildman–Crippen MR) is 97.4 cm³/mol. The summed E-state index contributed by atoms with van der Waals surface area (Å²) in [5.41, 5.74) is 6.45. The summed E-state index contributed by atoms with van der Waals surface area (Å²) in [7, 11) is -3.59. The second-order valence-corrected chi connectivity index (χ2v) is 8.13. The van der Waals surface area contributed by atoms with Gasteiger partial charge >= 0.3 is 0 Å². The molecule has 1 fully saturated rings. The Kier molecular flexibility index (Phi) is 4.99. The molecule has 6 nitrogen and oxygen atoms in total. The van der Waals surface area contributed by atoms with E-state index in [9.17, 15) is 13.2 Å². The molecule has 0 aliphatic carbocycles. The van der Waals surface area contributed by atoms with Crippen molar-refractivity contribution in [1.82, 2.24) is 4.31 Å². The smallest absolute Gasteiger partial charge is 0.248 e. The highest BCUT2D eigenvalue weighted by atomic mass is 35.5. The van der Waals surface area contributed by atoms with E-state index >= 15 is 0 Å². The normalized spacial score (nSPS) is 16.0. The van der Waals surface area contributed by atoms with Gasteiger partial charge < -0.3 is 10.6 Å². The van der Waals surface area contributed by atoms with E-state index in [-0.39, 0.29) is 10.5 Å². The van der Waals surface area contributed by atoms with Crippen LogP contribution in [0, 0.1) is 0 Å². The lowest BCUT2D eigenvalue weighted by atomic mass is 10.2. The minimum atomic E-state index is -3.59. The zero-order valence-corrected chi connectivity index (χ0v) is 15.0. The van der Waals surface area contributed by atoms with Crippen LogP contribution in [0.3, 0.4) is 0 Å². The summed E-state index contributed by atoms with van der Waals surface area (Å²) in [6, 6.07) is 13.2. The van der Waals surface area contributed by atoms with Gasteiger partial charge in [-0.2, -0.15) is 4.31 Å². The first-order chi connectivity index (χ1) is 11.9. The summed E-state index contributed by atoms with van der Waals surface area (Å²) in [6.45, 7) is 1.93. The number of hydrogen-bond acceptors (Lipinski definition) is 4. The molecule has 0 atom stereocenters. The van der Waals surface area contributed by atoms with Gasteiger partial charge in [0.25, 0.3) is 0 Å². The minimum absolute atomic E-state index is 0.161. The van der Waals surface area contributed by atoms with E-state index in [4.69, 9.17) is 17.3 Å².